The van der Waals surface area contributed by atoms with Crippen LogP contribution in [0.25, 0.3) is 0 Å². The number of fused-ring (bicyclic) bond motifs is 1. The molecule has 1 aromatic heterocycles. The first-order valence-electron chi connectivity index (χ1n) is 9.76. The molecule has 3 rings (SSSR count). The van der Waals surface area contributed by atoms with Gasteiger partial charge in [-0.05, 0) is 35.5 Å². The van der Waals surface area contributed by atoms with Gasteiger partial charge in [0.05, 0.1) is 12.2 Å². The predicted octanol–water partition coefficient (Wildman–Crippen LogP) is 1.52. The van der Waals surface area contributed by atoms with Crippen LogP contribution in [0, 0.1) is 12.8 Å². The largest absolute Gasteiger partial charge is 0.492 e. The van der Waals surface area contributed by atoms with Crippen LogP contribution in [0.2, 0.25) is 0 Å². The molecule has 0 aliphatic carbocycles. The van der Waals surface area contributed by atoms with Crippen molar-refractivity contribution < 1.29 is 37.2 Å². The quantitative estimate of drug-likeness (QED) is 0.506. The fraction of sp³-hybridized carbons (Fsp3) is 0.400. The van der Waals surface area contributed by atoms with E-state index < -0.39 is 43.4 Å². The summed E-state index contributed by atoms with van der Waals surface area (Å²) in [5.41, 5.74) is 1.11. The van der Waals surface area contributed by atoms with Gasteiger partial charge in [0.1, 0.15) is 6.04 Å². The van der Waals surface area contributed by atoms with Crippen LogP contribution in [0.5, 0.6) is 0 Å². The highest BCUT2D eigenvalue weighted by atomic mass is 19.4. The molecular weight excluding hydrogens is 430 g/mol. The molecule has 1 amide bonds. The second-order valence-corrected chi connectivity index (χ2v) is 7.66. The zero-order valence-electron chi connectivity index (χ0n) is 17.6. The molecular formula is C20H21BF3N3O5. The molecule has 0 saturated carbocycles. The highest BCUT2D eigenvalue weighted by molar-refractivity contribution is 6.62. The second-order valence-electron chi connectivity index (χ2n) is 7.66. The summed E-state index contributed by atoms with van der Waals surface area (Å²) in [6, 6.07) is 2.24. The summed E-state index contributed by atoms with van der Waals surface area (Å²) in [5, 5.41) is 12.6. The number of esters is 1. The zero-order valence-corrected chi connectivity index (χ0v) is 17.6. The molecule has 1 aromatic carbocycles. The summed E-state index contributed by atoms with van der Waals surface area (Å²) in [6.07, 6.45) is -3.36. The highest BCUT2D eigenvalue weighted by Gasteiger charge is 2.33. The smallest absolute Gasteiger partial charge is 0.456 e. The van der Waals surface area contributed by atoms with E-state index in [0.29, 0.717) is 23.4 Å². The van der Waals surface area contributed by atoms with E-state index in [9.17, 15) is 27.8 Å². The average Bonchev–Trinajstić information content (AvgIpc) is 3.11. The van der Waals surface area contributed by atoms with Gasteiger partial charge in [0.25, 0.3) is 5.91 Å². The maximum absolute atomic E-state index is 12.8. The number of nitrogens with zero attached hydrogens (tertiary/aromatic N) is 2. The van der Waals surface area contributed by atoms with Crippen molar-refractivity contribution in [3.8, 4) is 0 Å². The maximum Gasteiger partial charge on any atom is 0.492 e. The van der Waals surface area contributed by atoms with Crippen molar-refractivity contribution in [1.29, 1.82) is 0 Å². The van der Waals surface area contributed by atoms with Gasteiger partial charge in [0.2, 0.25) is 0 Å². The normalized spacial score (nSPS) is 14.3. The van der Waals surface area contributed by atoms with E-state index in [4.69, 9.17) is 9.39 Å². The Morgan fingerprint density at radius 3 is 2.53 bits per heavy atom. The third-order valence-electron chi connectivity index (χ3n) is 5.08. The Bertz CT molecular complexity index is 1010. The number of ether oxygens (including phenoxy) is 1. The Balaban J connectivity index is 1.67. The van der Waals surface area contributed by atoms with E-state index in [0.717, 1.165) is 5.56 Å². The molecule has 170 valence electrons. The maximum atomic E-state index is 12.8. The fourth-order valence-corrected chi connectivity index (χ4v) is 3.27. The topological polar surface area (TPSA) is 111 Å². The van der Waals surface area contributed by atoms with Gasteiger partial charge in [-0.3, -0.25) is 4.79 Å². The summed E-state index contributed by atoms with van der Waals surface area (Å²) in [5.74, 6) is -1.77. The third-order valence-corrected chi connectivity index (χ3v) is 5.08. The van der Waals surface area contributed by atoms with Crippen molar-refractivity contribution in [1.82, 2.24) is 15.3 Å². The number of halogens is 3. The van der Waals surface area contributed by atoms with Crippen LogP contribution in [-0.2, 0) is 33.6 Å². The zero-order chi connectivity index (χ0) is 23.6. The molecule has 8 nitrogen and oxygen atoms in total. The van der Waals surface area contributed by atoms with E-state index in [-0.39, 0.29) is 23.9 Å². The van der Waals surface area contributed by atoms with Crippen molar-refractivity contribution in [2.45, 2.75) is 46.2 Å². The lowest BCUT2D eigenvalue weighted by Gasteiger charge is -2.21. The number of benzene rings is 1. The summed E-state index contributed by atoms with van der Waals surface area (Å²) >= 11 is 0. The fourth-order valence-electron chi connectivity index (χ4n) is 3.27. The van der Waals surface area contributed by atoms with Crippen LogP contribution in [0.15, 0.2) is 24.5 Å². The number of hydrogen-bond acceptors (Lipinski definition) is 7. The number of hydrogen-bond donors (Lipinski definition) is 2. The molecule has 2 N–H and O–H groups in total. The average molecular weight is 451 g/mol. The van der Waals surface area contributed by atoms with Gasteiger partial charge >= 0.3 is 19.3 Å². The summed E-state index contributed by atoms with van der Waals surface area (Å²) in [7, 11) is -1.12. The van der Waals surface area contributed by atoms with Crippen LogP contribution in [0.3, 0.4) is 0 Å². The van der Waals surface area contributed by atoms with Crippen LogP contribution in [0.4, 0.5) is 13.2 Å². The molecule has 2 aromatic rings. The number of carbonyl (C=O) groups excluding carboxylic acids is 2. The van der Waals surface area contributed by atoms with Crippen LogP contribution >= 0.6 is 0 Å². The first-order valence-corrected chi connectivity index (χ1v) is 9.76. The standard InChI is InChI=1S/C20H21BF3N3O5/c1-10(2)17(19(29)31-9-15-25-6-13(7-26-15)20(22,23)24)27-18(28)14-5-4-12-8-32-21(30)16(12)11(14)3/h4-7,10,17,30H,8-9H2,1-3H3,(H,27,28). The minimum Gasteiger partial charge on any atom is -0.456 e. The van der Waals surface area contributed by atoms with E-state index >= 15 is 0 Å². The van der Waals surface area contributed by atoms with E-state index in [1.54, 1.807) is 32.9 Å². The Kier molecular flexibility index (Phi) is 6.84. The molecule has 0 radical (unpaired) electrons. The van der Waals surface area contributed by atoms with Gasteiger partial charge in [-0.1, -0.05) is 19.9 Å². The molecule has 1 unspecified atom stereocenters. The molecule has 0 fully saturated rings. The van der Waals surface area contributed by atoms with E-state index in [2.05, 4.69) is 15.3 Å². The van der Waals surface area contributed by atoms with Gasteiger partial charge in [0, 0.05) is 18.0 Å². The molecule has 1 aliphatic heterocycles. The van der Waals surface area contributed by atoms with Crippen LogP contribution < -0.4 is 10.8 Å². The van der Waals surface area contributed by atoms with Crippen molar-refractivity contribution in [2.75, 3.05) is 0 Å². The van der Waals surface area contributed by atoms with Gasteiger partial charge in [-0.25, -0.2) is 14.8 Å². The number of rotatable bonds is 6. The lowest BCUT2D eigenvalue weighted by molar-refractivity contribution is -0.149. The molecule has 2 heterocycles. The minimum absolute atomic E-state index is 0.108. The predicted molar refractivity (Wildman–Crippen MR) is 106 cm³/mol. The van der Waals surface area contributed by atoms with Gasteiger partial charge < -0.3 is 19.7 Å². The molecule has 12 heteroatoms. The van der Waals surface area contributed by atoms with Crippen molar-refractivity contribution in [2.24, 2.45) is 5.92 Å². The van der Waals surface area contributed by atoms with Crippen LogP contribution in [0.1, 0.15) is 46.7 Å². The van der Waals surface area contributed by atoms with Crippen LogP contribution in [-0.4, -0.2) is 40.0 Å². The Labute approximate surface area is 182 Å². The Morgan fingerprint density at radius 1 is 1.28 bits per heavy atom. The number of alkyl halides is 3. The SMILES string of the molecule is Cc1c(C(=O)NC(C(=O)OCc2ncc(C(F)(F)F)cn2)C(C)C)ccc2c1B(O)OC2. The van der Waals surface area contributed by atoms with Crippen molar-refractivity contribution >= 4 is 24.5 Å². The molecule has 0 bridgehead atoms. The summed E-state index contributed by atoms with van der Waals surface area (Å²) in [4.78, 5) is 32.5. The highest BCUT2D eigenvalue weighted by Crippen LogP contribution is 2.27. The minimum atomic E-state index is -4.57. The number of amides is 1. The van der Waals surface area contributed by atoms with Gasteiger partial charge in [0.15, 0.2) is 12.4 Å². The number of nitrogens with one attached hydrogen (secondary N) is 1. The molecule has 0 spiro atoms. The Hall–Kier alpha value is -2.99. The van der Waals surface area contributed by atoms with Gasteiger partial charge in [-0.2, -0.15) is 13.2 Å². The van der Waals surface area contributed by atoms with E-state index in [1.165, 1.54) is 0 Å². The summed E-state index contributed by atoms with van der Waals surface area (Å²) < 4.78 is 48.0. The third kappa shape index (κ3) is 5.08. The van der Waals surface area contributed by atoms with E-state index in [1.807, 2.05) is 0 Å². The lowest BCUT2D eigenvalue weighted by Crippen LogP contribution is -2.46. The van der Waals surface area contributed by atoms with Crippen molar-refractivity contribution in [3.05, 3.63) is 52.6 Å². The number of aromatic nitrogens is 2. The molecule has 32 heavy (non-hydrogen) atoms. The molecule has 0 saturated heterocycles. The summed E-state index contributed by atoms with van der Waals surface area (Å²) in [6.45, 7) is 4.88. The monoisotopic (exact) mass is 451 g/mol. The first kappa shape index (κ1) is 23.7. The Morgan fingerprint density at radius 2 is 1.94 bits per heavy atom. The number of carbonyl (C=O) groups is 2. The molecule has 1 aliphatic rings. The van der Waals surface area contributed by atoms with Crippen molar-refractivity contribution in [3.63, 3.8) is 0 Å². The van der Waals surface area contributed by atoms with Gasteiger partial charge in [-0.15, -0.1) is 0 Å². The lowest BCUT2D eigenvalue weighted by atomic mass is 9.75. The molecule has 1 atom stereocenters. The first-order chi connectivity index (χ1) is 15.0. The second kappa shape index (κ2) is 9.25.